The number of rotatable bonds is 4. The van der Waals surface area contributed by atoms with Crippen LogP contribution in [0.3, 0.4) is 0 Å². The fourth-order valence-corrected chi connectivity index (χ4v) is 5.24. The number of ether oxygens (including phenoxy) is 1. The number of piperazine rings is 1. The van der Waals surface area contributed by atoms with E-state index in [1.807, 2.05) is 9.80 Å². The smallest absolute Gasteiger partial charge is 0.425 e. The number of amides is 2. The van der Waals surface area contributed by atoms with E-state index >= 15 is 0 Å². The van der Waals surface area contributed by atoms with Gasteiger partial charge in [-0.2, -0.15) is 26.3 Å². The molecule has 13 heteroatoms. The van der Waals surface area contributed by atoms with Gasteiger partial charge in [0.25, 0.3) is 0 Å². The number of hydrogen-bond acceptors (Lipinski definition) is 5. The summed E-state index contributed by atoms with van der Waals surface area (Å²) in [5, 5.41) is 0. The molecule has 2 amide bonds. The summed E-state index contributed by atoms with van der Waals surface area (Å²) in [6, 6.07) is 3.70. The Labute approximate surface area is 210 Å². The zero-order valence-electron chi connectivity index (χ0n) is 20.6. The molecule has 1 aromatic rings. The number of halogens is 6. The van der Waals surface area contributed by atoms with Crippen LogP contribution >= 0.6 is 0 Å². The van der Waals surface area contributed by atoms with Crippen molar-refractivity contribution in [3.63, 3.8) is 0 Å². The van der Waals surface area contributed by atoms with Gasteiger partial charge in [0.15, 0.2) is 6.10 Å². The van der Waals surface area contributed by atoms with Crippen molar-refractivity contribution in [1.29, 1.82) is 0 Å². The second kappa shape index (κ2) is 10.2. The minimum atomic E-state index is -4.64. The third-order valence-corrected chi connectivity index (χ3v) is 7.45. The minimum Gasteiger partial charge on any atom is -0.437 e. The fraction of sp³-hybridized carbons (Fsp3) is 0.667. The number of benzene rings is 1. The molecule has 0 spiro atoms. The molecule has 1 aromatic carbocycles. The van der Waals surface area contributed by atoms with E-state index in [1.54, 1.807) is 4.90 Å². The van der Waals surface area contributed by atoms with Crippen LogP contribution in [0.15, 0.2) is 18.2 Å². The van der Waals surface area contributed by atoms with E-state index < -0.39 is 30.1 Å². The van der Waals surface area contributed by atoms with E-state index in [9.17, 15) is 35.9 Å². The first-order valence-electron chi connectivity index (χ1n) is 12.2. The van der Waals surface area contributed by atoms with Crippen molar-refractivity contribution in [2.75, 3.05) is 57.3 Å². The molecule has 3 unspecified atom stereocenters. The predicted molar refractivity (Wildman–Crippen MR) is 122 cm³/mol. The van der Waals surface area contributed by atoms with Gasteiger partial charge in [0.05, 0.1) is 5.56 Å². The number of likely N-dealkylation sites (tertiary alicyclic amines) is 1. The third-order valence-electron chi connectivity index (χ3n) is 7.45. The average molecular weight is 537 g/mol. The van der Waals surface area contributed by atoms with E-state index in [-0.39, 0.29) is 30.8 Å². The highest BCUT2D eigenvalue weighted by Crippen LogP contribution is 2.39. The van der Waals surface area contributed by atoms with Crippen LogP contribution in [0.25, 0.3) is 0 Å². The monoisotopic (exact) mass is 536 g/mol. The van der Waals surface area contributed by atoms with Gasteiger partial charge in [-0.1, -0.05) is 6.07 Å². The van der Waals surface area contributed by atoms with Gasteiger partial charge in [-0.25, -0.2) is 4.79 Å². The Morgan fingerprint density at radius 3 is 2.05 bits per heavy atom. The summed E-state index contributed by atoms with van der Waals surface area (Å²) in [5.41, 5.74) is 0.470. The summed E-state index contributed by atoms with van der Waals surface area (Å²) >= 11 is 0. The summed E-state index contributed by atoms with van der Waals surface area (Å²) in [6.45, 7) is 5.89. The Bertz CT molecular complexity index is 995. The first-order valence-corrected chi connectivity index (χ1v) is 12.2. The van der Waals surface area contributed by atoms with Crippen molar-refractivity contribution >= 4 is 17.7 Å². The molecule has 3 heterocycles. The molecular weight excluding hydrogens is 506 g/mol. The SMILES string of the molecule is CC(=O)N1CC2CN(c3cc(C(F)(F)F)ccc3CN3CCN(C(=O)OC(C)C(F)(F)F)CC3)CC2C1. The van der Waals surface area contributed by atoms with Crippen molar-refractivity contribution in [2.45, 2.75) is 38.8 Å². The molecule has 0 aliphatic carbocycles. The van der Waals surface area contributed by atoms with Crippen molar-refractivity contribution in [3.8, 4) is 0 Å². The first kappa shape index (κ1) is 27.3. The van der Waals surface area contributed by atoms with Crippen molar-refractivity contribution in [2.24, 2.45) is 11.8 Å². The topological polar surface area (TPSA) is 56.3 Å². The maximum atomic E-state index is 13.5. The summed E-state index contributed by atoms with van der Waals surface area (Å²) in [4.78, 5) is 30.7. The van der Waals surface area contributed by atoms with E-state index in [1.165, 1.54) is 24.0 Å². The summed E-state index contributed by atoms with van der Waals surface area (Å²) in [5.74, 6) is 0.386. The van der Waals surface area contributed by atoms with Gasteiger partial charge >= 0.3 is 18.4 Å². The summed E-state index contributed by atoms with van der Waals surface area (Å²) in [6.07, 6.45) is -12.4. The fourth-order valence-electron chi connectivity index (χ4n) is 5.24. The Kier molecular flexibility index (Phi) is 7.55. The summed E-state index contributed by atoms with van der Waals surface area (Å²) < 4.78 is 83.1. The molecule has 0 bridgehead atoms. The van der Waals surface area contributed by atoms with E-state index in [2.05, 4.69) is 4.74 Å². The number of anilines is 1. The Balaban J connectivity index is 1.42. The molecule has 4 rings (SSSR count). The molecular formula is C24H30F6N4O3. The van der Waals surface area contributed by atoms with Gasteiger partial charge < -0.3 is 19.4 Å². The van der Waals surface area contributed by atoms with Crippen LogP contribution in [0.2, 0.25) is 0 Å². The zero-order chi connectivity index (χ0) is 27.1. The van der Waals surface area contributed by atoms with Gasteiger partial charge in [0.2, 0.25) is 5.91 Å². The second-order valence-corrected chi connectivity index (χ2v) is 10.0. The molecule has 0 aromatic heterocycles. The van der Waals surface area contributed by atoms with E-state index in [0.717, 1.165) is 13.0 Å². The highest BCUT2D eigenvalue weighted by atomic mass is 19.4. The predicted octanol–water partition coefficient (Wildman–Crippen LogP) is 3.82. The van der Waals surface area contributed by atoms with Crippen LogP contribution < -0.4 is 4.90 Å². The van der Waals surface area contributed by atoms with Crippen LogP contribution in [-0.4, -0.2) is 91.3 Å². The Morgan fingerprint density at radius 2 is 1.54 bits per heavy atom. The Hall–Kier alpha value is -2.70. The summed E-state index contributed by atoms with van der Waals surface area (Å²) in [7, 11) is 0. The zero-order valence-corrected chi connectivity index (χ0v) is 20.6. The van der Waals surface area contributed by atoms with Gasteiger partial charge in [-0.3, -0.25) is 9.69 Å². The van der Waals surface area contributed by atoms with Gasteiger partial charge in [-0.05, 0) is 24.6 Å². The molecule has 206 valence electrons. The highest BCUT2D eigenvalue weighted by Gasteiger charge is 2.42. The molecule has 0 N–H and O–H groups in total. The largest absolute Gasteiger partial charge is 0.437 e. The molecule has 0 radical (unpaired) electrons. The maximum Gasteiger partial charge on any atom is 0.425 e. The lowest BCUT2D eigenvalue weighted by atomic mass is 10.0. The van der Waals surface area contributed by atoms with Crippen molar-refractivity contribution in [1.82, 2.24) is 14.7 Å². The van der Waals surface area contributed by atoms with E-state index in [4.69, 9.17) is 0 Å². The maximum absolute atomic E-state index is 13.5. The molecule has 7 nitrogen and oxygen atoms in total. The molecule has 37 heavy (non-hydrogen) atoms. The van der Waals surface area contributed by atoms with Gasteiger partial charge in [-0.15, -0.1) is 0 Å². The Morgan fingerprint density at radius 1 is 0.946 bits per heavy atom. The number of alkyl halides is 6. The number of carbonyl (C=O) groups excluding carboxylic acids is 2. The van der Waals surface area contributed by atoms with Gasteiger partial charge in [0.1, 0.15) is 0 Å². The lowest BCUT2D eigenvalue weighted by molar-refractivity contribution is -0.200. The lowest BCUT2D eigenvalue weighted by Gasteiger charge is -2.35. The van der Waals surface area contributed by atoms with Gasteiger partial charge in [0, 0.05) is 83.3 Å². The van der Waals surface area contributed by atoms with Crippen LogP contribution in [-0.2, 0) is 22.3 Å². The van der Waals surface area contributed by atoms with Crippen LogP contribution in [0.5, 0.6) is 0 Å². The highest BCUT2D eigenvalue weighted by molar-refractivity contribution is 5.73. The van der Waals surface area contributed by atoms with E-state index in [0.29, 0.717) is 57.1 Å². The number of nitrogens with zero attached hydrogens (tertiary/aromatic N) is 4. The normalized spacial score (nSPS) is 23.8. The quantitative estimate of drug-likeness (QED) is 0.548. The molecule has 3 fully saturated rings. The van der Waals surface area contributed by atoms with Crippen LogP contribution in [0, 0.1) is 11.8 Å². The van der Waals surface area contributed by atoms with Crippen LogP contribution in [0.4, 0.5) is 36.8 Å². The number of fused-ring (bicyclic) bond motifs is 1. The number of carbonyl (C=O) groups is 2. The van der Waals surface area contributed by atoms with Crippen molar-refractivity contribution < 1.29 is 40.7 Å². The minimum absolute atomic E-state index is 0.00315. The average Bonchev–Trinajstić information content (AvgIpc) is 3.38. The standard InChI is InChI=1S/C24H30F6N4O3/c1-15(23(25,26)27)37-22(36)32-7-5-31(6-8-32)10-17-3-4-20(24(28,29)30)9-21(17)34-13-18-11-33(16(2)35)12-19(18)14-34/h3-4,9,15,18-19H,5-8,10-14H2,1-2H3. The second-order valence-electron chi connectivity index (χ2n) is 10.0. The molecule has 3 aliphatic heterocycles. The number of hydrogen-bond donors (Lipinski definition) is 0. The van der Waals surface area contributed by atoms with Crippen molar-refractivity contribution in [3.05, 3.63) is 29.3 Å². The molecule has 3 atom stereocenters. The first-order chi connectivity index (χ1) is 17.2. The molecule has 3 aliphatic rings. The molecule has 0 saturated carbocycles. The van der Waals surface area contributed by atoms with Crippen LogP contribution in [0.1, 0.15) is 25.0 Å². The molecule has 3 saturated heterocycles. The lowest BCUT2D eigenvalue weighted by Crippen LogP contribution is -2.49. The third kappa shape index (κ3) is 6.24.